The average Bonchev–Trinajstić information content (AvgIpc) is 2.68. The van der Waals surface area contributed by atoms with E-state index < -0.39 is 0 Å². The van der Waals surface area contributed by atoms with Crippen LogP contribution in [0, 0.1) is 17.5 Å². The Labute approximate surface area is 123 Å². The molecular formula is C14H10BrFN2S. The second-order valence-electron chi connectivity index (χ2n) is 4.36. The van der Waals surface area contributed by atoms with Crippen molar-refractivity contribution in [2.24, 2.45) is 0 Å². The maximum absolute atomic E-state index is 13.4. The molecule has 5 heteroatoms. The van der Waals surface area contributed by atoms with Gasteiger partial charge in [-0.15, -0.1) is 0 Å². The molecule has 96 valence electrons. The molecule has 1 aromatic heterocycles. The summed E-state index contributed by atoms with van der Waals surface area (Å²) in [5, 5.41) is 0. The van der Waals surface area contributed by atoms with Crippen molar-refractivity contribution < 1.29 is 4.39 Å². The van der Waals surface area contributed by atoms with Gasteiger partial charge in [-0.2, -0.15) is 0 Å². The van der Waals surface area contributed by atoms with Crippen LogP contribution in [0.2, 0.25) is 0 Å². The zero-order chi connectivity index (χ0) is 13.6. The molecule has 0 saturated carbocycles. The number of aromatic nitrogens is 2. The zero-order valence-electron chi connectivity index (χ0n) is 10.1. The maximum Gasteiger partial charge on any atom is 0.182 e. The fraction of sp³-hybridized carbons (Fsp3) is 0.0714. The first-order chi connectivity index (χ1) is 9.06. The van der Waals surface area contributed by atoms with Gasteiger partial charge in [0.2, 0.25) is 0 Å². The van der Waals surface area contributed by atoms with E-state index in [4.69, 9.17) is 12.2 Å². The van der Waals surface area contributed by atoms with Gasteiger partial charge in [0.1, 0.15) is 5.82 Å². The first kappa shape index (κ1) is 12.6. The highest BCUT2D eigenvalue weighted by Crippen LogP contribution is 2.24. The fourth-order valence-corrected chi connectivity index (χ4v) is 2.73. The third-order valence-corrected chi connectivity index (χ3v) is 4.20. The maximum atomic E-state index is 13.4. The molecule has 0 bridgehead atoms. The Morgan fingerprint density at radius 2 is 2.00 bits per heavy atom. The predicted molar refractivity (Wildman–Crippen MR) is 80.9 cm³/mol. The highest BCUT2D eigenvalue weighted by Gasteiger charge is 2.08. The summed E-state index contributed by atoms with van der Waals surface area (Å²) < 4.78 is 16.8. The van der Waals surface area contributed by atoms with Crippen molar-refractivity contribution in [1.29, 1.82) is 0 Å². The van der Waals surface area contributed by atoms with Crippen LogP contribution < -0.4 is 0 Å². The zero-order valence-corrected chi connectivity index (χ0v) is 12.5. The first-order valence-electron chi connectivity index (χ1n) is 5.73. The molecule has 3 rings (SSSR count). The molecule has 1 heterocycles. The van der Waals surface area contributed by atoms with Crippen LogP contribution in [0.4, 0.5) is 4.39 Å². The molecule has 2 aromatic carbocycles. The van der Waals surface area contributed by atoms with E-state index in [-0.39, 0.29) is 5.82 Å². The number of rotatable bonds is 1. The van der Waals surface area contributed by atoms with Crippen molar-refractivity contribution in [3.05, 3.63) is 57.0 Å². The Balaban J connectivity index is 2.35. The molecule has 0 aliphatic carbocycles. The van der Waals surface area contributed by atoms with Crippen molar-refractivity contribution >= 4 is 39.2 Å². The third-order valence-electron chi connectivity index (χ3n) is 3.06. The van der Waals surface area contributed by atoms with Crippen LogP contribution in [0.3, 0.4) is 0 Å². The molecule has 1 N–H and O–H groups in total. The number of hydrogen-bond acceptors (Lipinski definition) is 1. The van der Waals surface area contributed by atoms with Crippen LogP contribution in [-0.2, 0) is 0 Å². The van der Waals surface area contributed by atoms with Crippen molar-refractivity contribution in [3.8, 4) is 5.69 Å². The van der Waals surface area contributed by atoms with Gasteiger partial charge in [-0.3, -0.25) is 4.57 Å². The standard InChI is InChI=1S/C14H10BrFN2S/c1-8-2-4-10(7-11(8)15)18-13-6-9(16)3-5-12(13)17-14(18)19/h2-7H,1H3,(H,17,19). The normalized spacial score (nSPS) is 11.1. The number of aryl methyl sites for hydroxylation is 1. The second kappa shape index (κ2) is 4.58. The van der Waals surface area contributed by atoms with E-state index in [9.17, 15) is 4.39 Å². The minimum absolute atomic E-state index is 0.276. The molecule has 0 aliphatic rings. The number of H-pyrrole nitrogens is 1. The summed E-state index contributed by atoms with van der Waals surface area (Å²) in [7, 11) is 0. The minimum Gasteiger partial charge on any atom is -0.330 e. The Morgan fingerprint density at radius 3 is 2.74 bits per heavy atom. The van der Waals surface area contributed by atoms with Crippen molar-refractivity contribution in [3.63, 3.8) is 0 Å². The van der Waals surface area contributed by atoms with E-state index in [1.54, 1.807) is 6.07 Å². The first-order valence-corrected chi connectivity index (χ1v) is 6.93. The number of fused-ring (bicyclic) bond motifs is 1. The van der Waals surface area contributed by atoms with E-state index >= 15 is 0 Å². The third kappa shape index (κ3) is 2.13. The van der Waals surface area contributed by atoms with Gasteiger partial charge in [-0.25, -0.2) is 4.39 Å². The van der Waals surface area contributed by atoms with Gasteiger partial charge in [-0.1, -0.05) is 22.0 Å². The van der Waals surface area contributed by atoms with E-state index in [1.165, 1.54) is 12.1 Å². The van der Waals surface area contributed by atoms with E-state index in [0.29, 0.717) is 4.77 Å². The van der Waals surface area contributed by atoms with Gasteiger partial charge in [0.05, 0.1) is 11.0 Å². The number of hydrogen-bond donors (Lipinski definition) is 1. The number of aromatic amines is 1. The van der Waals surface area contributed by atoms with Crippen LogP contribution in [0.15, 0.2) is 40.9 Å². The van der Waals surface area contributed by atoms with Crippen LogP contribution >= 0.6 is 28.1 Å². The van der Waals surface area contributed by atoms with Crippen LogP contribution in [-0.4, -0.2) is 9.55 Å². The number of imidazole rings is 1. The molecule has 0 fully saturated rings. The Bertz CT molecular complexity index is 835. The molecule has 19 heavy (non-hydrogen) atoms. The fourth-order valence-electron chi connectivity index (χ4n) is 2.05. The van der Waals surface area contributed by atoms with Gasteiger partial charge in [0, 0.05) is 16.2 Å². The Morgan fingerprint density at radius 1 is 1.21 bits per heavy atom. The predicted octanol–water partition coefficient (Wildman–Crippen LogP) is 4.90. The average molecular weight is 337 g/mol. The van der Waals surface area contributed by atoms with Crippen molar-refractivity contribution in [1.82, 2.24) is 9.55 Å². The SMILES string of the molecule is Cc1ccc(-n2c(=S)[nH]c3ccc(F)cc32)cc1Br. The molecule has 0 aliphatic heterocycles. The van der Waals surface area contributed by atoms with Gasteiger partial charge >= 0.3 is 0 Å². The smallest absolute Gasteiger partial charge is 0.182 e. The second-order valence-corrected chi connectivity index (χ2v) is 5.60. The lowest BCUT2D eigenvalue weighted by molar-refractivity contribution is 0.629. The van der Waals surface area contributed by atoms with Gasteiger partial charge in [0.15, 0.2) is 4.77 Å². The molecule has 3 aromatic rings. The summed E-state index contributed by atoms with van der Waals surface area (Å²) in [6.07, 6.45) is 0. The summed E-state index contributed by atoms with van der Waals surface area (Å²) in [6.45, 7) is 2.02. The Kier molecular flexibility index (Phi) is 3.03. The summed E-state index contributed by atoms with van der Waals surface area (Å²) in [6, 6.07) is 10.5. The number of nitrogens with zero attached hydrogens (tertiary/aromatic N) is 1. The molecule has 0 amide bonds. The van der Waals surface area contributed by atoms with Crippen molar-refractivity contribution in [2.75, 3.05) is 0 Å². The lowest BCUT2D eigenvalue weighted by Crippen LogP contribution is -1.94. The van der Waals surface area contributed by atoms with Crippen LogP contribution in [0.5, 0.6) is 0 Å². The highest BCUT2D eigenvalue weighted by atomic mass is 79.9. The minimum atomic E-state index is -0.276. The topological polar surface area (TPSA) is 20.7 Å². The molecule has 0 radical (unpaired) electrons. The summed E-state index contributed by atoms with van der Waals surface area (Å²) >= 11 is 8.83. The highest BCUT2D eigenvalue weighted by molar-refractivity contribution is 9.10. The number of nitrogens with one attached hydrogen (secondary N) is 1. The number of halogens is 2. The molecule has 0 atom stereocenters. The molecule has 0 spiro atoms. The van der Waals surface area contributed by atoms with Crippen LogP contribution in [0.25, 0.3) is 16.7 Å². The summed E-state index contributed by atoms with van der Waals surface area (Å²) in [5.74, 6) is -0.276. The van der Waals surface area contributed by atoms with E-state index in [2.05, 4.69) is 20.9 Å². The van der Waals surface area contributed by atoms with E-state index in [0.717, 1.165) is 26.8 Å². The number of benzene rings is 2. The van der Waals surface area contributed by atoms with Gasteiger partial charge < -0.3 is 4.98 Å². The molecule has 0 saturated heterocycles. The van der Waals surface area contributed by atoms with Crippen LogP contribution in [0.1, 0.15) is 5.56 Å². The van der Waals surface area contributed by atoms with Crippen molar-refractivity contribution in [2.45, 2.75) is 6.92 Å². The Hall–Kier alpha value is -1.46. The largest absolute Gasteiger partial charge is 0.330 e. The summed E-state index contributed by atoms with van der Waals surface area (Å²) in [4.78, 5) is 3.08. The lowest BCUT2D eigenvalue weighted by Gasteiger charge is -2.07. The monoisotopic (exact) mass is 336 g/mol. The quantitative estimate of drug-likeness (QED) is 0.627. The summed E-state index contributed by atoms with van der Waals surface area (Å²) in [5.41, 5.74) is 3.60. The molecular weight excluding hydrogens is 327 g/mol. The lowest BCUT2D eigenvalue weighted by atomic mass is 10.2. The molecule has 0 unspecified atom stereocenters. The van der Waals surface area contributed by atoms with Gasteiger partial charge in [-0.05, 0) is 49.0 Å². The van der Waals surface area contributed by atoms with E-state index in [1.807, 2.05) is 29.7 Å². The van der Waals surface area contributed by atoms with Gasteiger partial charge in [0.25, 0.3) is 0 Å². The molecule has 2 nitrogen and oxygen atoms in total.